The summed E-state index contributed by atoms with van der Waals surface area (Å²) >= 11 is 5.98. The molecule has 1 saturated heterocycles. The molecular weight excluding hydrogens is 416 g/mol. The summed E-state index contributed by atoms with van der Waals surface area (Å²) in [5, 5.41) is 10.2. The fraction of sp³-hybridized carbons (Fsp3) is 0.478. The Morgan fingerprint density at radius 2 is 1.97 bits per heavy atom. The molecule has 2 aromatic rings. The smallest absolute Gasteiger partial charge is 0.264 e. The molecule has 0 bridgehead atoms. The monoisotopic (exact) mass is 442 g/mol. The fourth-order valence-electron chi connectivity index (χ4n) is 4.31. The Morgan fingerprint density at radius 3 is 2.65 bits per heavy atom. The zero-order valence-corrected chi connectivity index (χ0v) is 18.2. The number of halogens is 1. The van der Waals surface area contributed by atoms with Gasteiger partial charge >= 0.3 is 0 Å². The molecule has 2 amide bonds. The van der Waals surface area contributed by atoms with Crippen LogP contribution in [0.2, 0.25) is 5.02 Å². The molecule has 4 rings (SSSR count). The predicted molar refractivity (Wildman–Crippen MR) is 118 cm³/mol. The van der Waals surface area contributed by atoms with Crippen molar-refractivity contribution in [2.24, 2.45) is 5.92 Å². The number of H-pyrrole nitrogens is 1. The summed E-state index contributed by atoms with van der Waals surface area (Å²) in [6.45, 7) is 1.99. The van der Waals surface area contributed by atoms with Gasteiger partial charge in [0, 0.05) is 43.6 Å². The molecule has 8 heteroatoms. The molecule has 7 nitrogen and oxygen atoms in total. The van der Waals surface area contributed by atoms with Crippen molar-refractivity contribution in [3.05, 3.63) is 63.0 Å². The number of nitrogens with one attached hydrogen (secondary N) is 2. The molecule has 1 aromatic heterocycles. The van der Waals surface area contributed by atoms with Gasteiger partial charge in [-0.2, -0.15) is 5.10 Å². The highest BCUT2D eigenvalue weighted by molar-refractivity contribution is 6.30. The van der Waals surface area contributed by atoms with Gasteiger partial charge in [0.25, 0.3) is 5.56 Å². The maximum atomic E-state index is 12.9. The molecule has 2 N–H and O–H groups in total. The Bertz CT molecular complexity index is 980. The molecular formula is C23H27ClN4O3. The van der Waals surface area contributed by atoms with Crippen molar-refractivity contribution in [1.82, 2.24) is 20.4 Å². The zero-order chi connectivity index (χ0) is 21.8. The molecule has 1 aromatic carbocycles. The van der Waals surface area contributed by atoms with Gasteiger partial charge in [-0.05, 0) is 55.4 Å². The minimum absolute atomic E-state index is 0.0717. The van der Waals surface area contributed by atoms with Crippen molar-refractivity contribution in [2.45, 2.75) is 43.9 Å². The lowest BCUT2D eigenvalue weighted by Gasteiger charge is -2.33. The Balaban J connectivity index is 1.26. The number of benzene rings is 1. The van der Waals surface area contributed by atoms with Crippen LogP contribution in [0.1, 0.15) is 43.4 Å². The summed E-state index contributed by atoms with van der Waals surface area (Å²) in [6, 6.07) is 10.6. The van der Waals surface area contributed by atoms with Crippen molar-refractivity contribution >= 4 is 23.4 Å². The van der Waals surface area contributed by atoms with Crippen LogP contribution < -0.4 is 10.9 Å². The van der Waals surface area contributed by atoms with E-state index in [1.807, 2.05) is 29.2 Å². The average molecular weight is 443 g/mol. The first-order valence-electron chi connectivity index (χ1n) is 10.8. The van der Waals surface area contributed by atoms with Gasteiger partial charge in [0.2, 0.25) is 11.8 Å². The molecule has 2 fully saturated rings. The quantitative estimate of drug-likeness (QED) is 0.688. The predicted octanol–water partition coefficient (Wildman–Crippen LogP) is 2.44. The van der Waals surface area contributed by atoms with Crippen molar-refractivity contribution in [2.75, 3.05) is 19.6 Å². The standard InChI is InChI=1S/C23H27ClN4O3/c24-18-5-3-17(4-6-18)23(11-12-23)22(31)25-14-16-2-1-13-28(15-16)21(30)10-8-19-7-9-20(29)27-26-19/h3-7,9,16H,1-2,8,10-15H2,(H,25,31)(H,27,29)/t16-/m1/s1. The van der Waals surface area contributed by atoms with E-state index in [4.69, 9.17) is 11.6 Å². The van der Waals surface area contributed by atoms with Gasteiger partial charge in [-0.15, -0.1) is 0 Å². The largest absolute Gasteiger partial charge is 0.355 e. The third-order valence-electron chi connectivity index (χ3n) is 6.34. The van der Waals surface area contributed by atoms with Crippen molar-refractivity contribution in [1.29, 1.82) is 0 Å². The van der Waals surface area contributed by atoms with Gasteiger partial charge in [-0.1, -0.05) is 23.7 Å². The number of rotatable bonds is 7. The van der Waals surface area contributed by atoms with Crippen LogP contribution in [0, 0.1) is 5.92 Å². The number of aromatic amines is 1. The van der Waals surface area contributed by atoms with Gasteiger partial charge in [0.1, 0.15) is 0 Å². The number of aromatic nitrogens is 2. The molecule has 2 heterocycles. The summed E-state index contributed by atoms with van der Waals surface area (Å²) in [7, 11) is 0. The molecule has 164 valence electrons. The van der Waals surface area contributed by atoms with Crippen LogP contribution in [0.4, 0.5) is 0 Å². The van der Waals surface area contributed by atoms with E-state index in [0.717, 1.165) is 37.8 Å². The molecule has 31 heavy (non-hydrogen) atoms. The number of aryl methyl sites for hydroxylation is 1. The van der Waals surface area contributed by atoms with E-state index in [9.17, 15) is 14.4 Å². The molecule has 0 unspecified atom stereocenters. The number of carbonyl (C=O) groups is 2. The summed E-state index contributed by atoms with van der Waals surface area (Å²) in [4.78, 5) is 38.5. The van der Waals surface area contributed by atoms with Gasteiger partial charge in [-0.3, -0.25) is 14.4 Å². The molecule has 2 aliphatic rings. The van der Waals surface area contributed by atoms with E-state index in [-0.39, 0.29) is 23.3 Å². The van der Waals surface area contributed by atoms with Crippen LogP contribution in [0.25, 0.3) is 0 Å². The fourth-order valence-corrected chi connectivity index (χ4v) is 4.44. The van der Waals surface area contributed by atoms with Gasteiger partial charge in [-0.25, -0.2) is 5.10 Å². The molecule has 1 atom stereocenters. The minimum Gasteiger partial charge on any atom is -0.355 e. The van der Waals surface area contributed by atoms with E-state index in [2.05, 4.69) is 15.5 Å². The lowest BCUT2D eigenvalue weighted by Crippen LogP contribution is -2.45. The first-order valence-corrected chi connectivity index (χ1v) is 11.2. The Labute approximate surface area is 186 Å². The number of carbonyl (C=O) groups excluding carboxylic acids is 2. The van der Waals surface area contributed by atoms with Crippen molar-refractivity contribution in [3.63, 3.8) is 0 Å². The maximum absolute atomic E-state index is 12.9. The van der Waals surface area contributed by atoms with Crippen molar-refractivity contribution < 1.29 is 9.59 Å². The summed E-state index contributed by atoms with van der Waals surface area (Å²) in [5.41, 5.74) is 1.05. The van der Waals surface area contributed by atoms with E-state index in [0.29, 0.717) is 36.6 Å². The van der Waals surface area contributed by atoms with Gasteiger partial charge in [0.05, 0.1) is 11.1 Å². The third kappa shape index (κ3) is 5.15. The molecule has 1 aliphatic carbocycles. The maximum Gasteiger partial charge on any atom is 0.264 e. The summed E-state index contributed by atoms with van der Waals surface area (Å²) in [6.07, 6.45) is 4.50. The summed E-state index contributed by atoms with van der Waals surface area (Å²) in [5.74, 6) is 0.417. The lowest BCUT2D eigenvalue weighted by molar-refractivity contribution is -0.133. The second-order valence-electron chi connectivity index (χ2n) is 8.56. The van der Waals surface area contributed by atoms with Crippen LogP contribution >= 0.6 is 11.6 Å². The van der Waals surface area contributed by atoms with E-state index < -0.39 is 5.41 Å². The van der Waals surface area contributed by atoms with Gasteiger partial charge < -0.3 is 10.2 Å². The van der Waals surface area contributed by atoms with Crippen LogP contribution in [-0.4, -0.2) is 46.5 Å². The topological polar surface area (TPSA) is 95.2 Å². The van der Waals surface area contributed by atoms with E-state index in [1.165, 1.54) is 6.07 Å². The number of nitrogens with zero attached hydrogens (tertiary/aromatic N) is 2. The van der Waals surface area contributed by atoms with Crippen LogP contribution in [-0.2, 0) is 21.4 Å². The zero-order valence-electron chi connectivity index (χ0n) is 17.4. The Kier molecular flexibility index (Phi) is 6.41. The second kappa shape index (κ2) is 9.22. The Hall–Kier alpha value is -2.67. The van der Waals surface area contributed by atoms with Crippen LogP contribution in [0.5, 0.6) is 0 Å². The SMILES string of the molecule is O=C(CCc1ccc(=O)[nH]n1)N1CCC[C@H](CNC(=O)C2(c3ccc(Cl)cc3)CC2)C1. The number of piperidine rings is 1. The molecule has 0 spiro atoms. The first-order chi connectivity index (χ1) is 15.0. The van der Waals surface area contributed by atoms with Crippen LogP contribution in [0.3, 0.4) is 0 Å². The highest BCUT2D eigenvalue weighted by Gasteiger charge is 2.51. The van der Waals surface area contributed by atoms with Crippen molar-refractivity contribution in [3.8, 4) is 0 Å². The van der Waals surface area contributed by atoms with Gasteiger partial charge in [0.15, 0.2) is 0 Å². The number of hydrogen-bond donors (Lipinski definition) is 2. The average Bonchev–Trinajstić information content (AvgIpc) is 3.60. The van der Waals surface area contributed by atoms with E-state index >= 15 is 0 Å². The highest BCUT2D eigenvalue weighted by atomic mass is 35.5. The second-order valence-corrected chi connectivity index (χ2v) is 9.00. The number of likely N-dealkylation sites (tertiary alicyclic amines) is 1. The Morgan fingerprint density at radius 1 is 1.19 bits per heavy atom. The normalized spacial score (nSPS) is 19.6. The first kappa shape index (κ1) is 21.6. The molecule has 0 radical (unpaired) electrons. The highest BCUT2D eigenvalue weighted by Crippen LogP contribution is 2.48. The number of amides is 2. The van der Waals surface area contributed by atoms with E-state index in [1.54, 1.807) is 6.07 Å². The third-order valence-corrected chi connectivity index (χ3v) is 6.59. The molecule has 1 aliphatic heterocycles. The lowest BCUT2D eigenvalue weighted by atomic mass is 9.93. The minimum atomic E-state index is -0.418. The molecule has 1 saturated carbocycles. The summed E-state index contributed by atoms with van der Waals surface area (Å²) < 4.78 is 0. The van der Waals surface area contributed by atoms with Crippen LogP contribution in [0.15, 0.2) is 41.2 Å². The number of hydrogen-bond acceptors (Lipinski definition) is 4.